The highest BCUT2D eigenvalue weighted by atomic mass is 16.8. The summed E-state index contributed by atoms with van der Waals surface area (Å²) < 4.78 is 72.6. The van der Waals surface area contributed by atoms with Crippen LogP contribution in [0.5, 0.6) is 0 Å². The van der Waals surface area contributed by atoms with E-state index in [2.05, 4.69) is 41.0 Å². The molecular weight excluding hydrogens is 1090 g/mol. The molecule has 0 N–H and O–H groups in total. The molecule has 4 aliphatic carbocycles. The predicted octanol–water partition coefficient (Wildman–Crippen LogP) is 9.10. The Morgan fingerprint density at radius 2 is 0.871 bits per heavy atom. The molecule has 18 rings (SSSR count). The summed E-state index contributed by atoms with van der Waals surface area (Å²) in [6.45, 7) is 11.4. The van der Waals surface area contributed by atoms with Crippen molar-refractivity contribution in [3.63, 3.8) is 0 Å². The van der Waals surface area contributed by atoms with Crippen LogP contribution in [-0.4, -0.2) is 126 Å². The smallest absolute Gasteiger partial charge is 0.303 e. The summed E-state index contributed by atoms with van der Waals surface area (Å²) in [4.78, 5) is 91.9. The topological polar surface area (TPSA) is 226 Å². The third kappa shape index (κ3) is 7.17. The van der Waals surface area contributed by atoms with Crippen molar-refractivity contribution in [2.45, 2.75) is 180 Å². The van der Waals surface area contributed by atoms with Crippen LogP contribution in [0.4, 0.5) is 0 Å². The van der Waals surface area contributed by atoms with Gasteiger partial charge in [0.05, 0.1) is 17.6 Å². The minimum atomic E-state index is -2.22. The van der Waals surface area contributed by atoms with Gasteiger partial charge in [-0.15, -0.1) is 0 Å². The first-order chi connectivity index (χ1) is 40.7. The van der Waals surface area contributed by atoms with E-state index in [4.69, 9.17) is 52.1 Å². The van der Waals surface area contributed by atoms with Crippen LogP contribution in [0.1, 0.15) is 121 Å². The molecule has 85 heavy (non-hydrogen) atoms. The maximum Gasteiger partial charge on any atom is 0.303 e. The molecule has 6 fully saturated rings. The van der Waals surface area contributed by atoms with Gasteiger partial charge in [0.25, 0.3) is 0 Å². The third-order valence-electron chi connectivity index (χ3n) is 19.5. The quantitative estimate of drug-likeness (QED) is 0.0403. The number of carbonyl (C=O) groups excluding carboxylic acids is 7. The number of fused-ring (bicyclic) bond motifs is 6. The highest BCUT2D eigenvalue weighted by Crippen LogP contribution is 2.63. The van der Waals surface area contributed by atoms with E-state index in [1.807, 2.05) is 13.8 Å². The Bertz CT molecular complexity index is 4260. The third-order valence-corrected chi connectivity index (χ3v) is 19.5. The van der Waals surface area contributed by atoms with Crippen molar-refractivity contribution in [1.29, 1.82) is 0 Å². The molecule has 0 radical (unpaired) electrons. The monoisotopic (exact) mass is 1160 g/mol. The maximum absolute atomic E-state index is 13.7. The zero-order chi connectivity index (χ0) is 59.3. The SMILES string of the molecule is CC.CC(=O)OCC1OC2(OC34CCC(OCCn5c6c7cc8c9c%10c(cc%11ccc%12cc%13c%14c%15c(cc(c5c%15c(c5c%10c%11c%12c%145)c96)CC7)C%13)C8)(OC3COC(C)=O)C(OC(C)=O)C4OC(C)=O)CCC1(OC(C)=O)C(OC(C)=O)C2OC(C)=O. The number of ether oxygens (including phenoxy) is 11. The summed E-state index contributed by atoms with van der Waals surface area (Å²) in [5.74, 6) is -9.65. The number of esters is 7. The van der Waals surface area contributed by atoms with Crippen LogP contribution in [0, 0.1) is 0 Å². The lowest BCUT2D eigenvalue weighted by atomic mass is 9.67. The van der Waals surface area contributed by atoms with E-state index in [0.29, 0.717) is 6.54 Å². The number of hydrogen-bond donors (Lipinski definition) is 0. The summed E-state index contributed by atoms with van der Waals surface area (Å²) in [7, 11) is 0. The molecule has 440 valence electrons. The van der Waals surface area contributed by atoms with E-state index in [1.165, 1.54) is 136 Å². The van der Waals surface area contributed by atoms with Gasteiger partial charge in [-0.05, 0) is 126 Å². The number of nitrogens with zero attached hydrogens (tertiary/aromatic N) is 1. The van der Waals surface area contributed by atoms with Crippen LogP contribution in [0.2, 0.25) is 0 Å². The van der Waals surface area contributed by atoms with Gasteiger partial charge in [-0.25, -0.2) is 0 Å². The van der Waals surface area contributed by atoms with E-state index in [1.54, 1.807) is 0 Å². The van der Waals surface area contributed by atoms with Gasteiger partial charge in [0, 0.05) is 89.4 Å². The van der Waals surface area contributed by atoms with Crippen molar-refractivity contribution in [2.75, 3.05) is 19.8 Å². The van der Waals surface area contributed by atoms with Crippen LogP contribution in [0.15, 0.2) is 36.4 Å². The zero-order valence-electron chi connectivity index (χ0n) is 48.7. The van der Waals surface area contributed by atoms with Crippen LogP contribution >= 0.6 is 0 Å². The minimum absolute atomic E-state index is 0.00536. The zero-order valence-corrected chi connectivity index (χ0v) is 48.7. The molecule has 10 atom stereocenters. The Kier molecular flexibility index (Phi) is 11.7. The lowest BCUT2D eigenvalue weighted by Gasteiger charge is -2.66. The van der Waals surface area contributed by atoms with E-state index in [9.17, 15) is 33.6 Å². The molecular formula is C66H63NO18. The molecule has 0 amide bonds. The number of hydrogen-bond acceptors (Lipinski definition) is 18. The van der Waals surface area contributed by atoms with Crippen LogP contribution < -0.4 is 0 Å². The average Bonchev–Trinajstić information content (AvgIpc) is 1.55. The second-order valence-electron chi connectivity index (χ2n) is 24.2. The van der Waals surface area contributed by atoms with E-state index >= 15 is 0 Å². The van der Waals surface area contributed by atoms with Gasteiger partial charge in [0.1, 0.15) is 31.0 Å². The van der Waals surface area contributed by atoms with Crippen LogP contribution in [0.3, 0.4) is 0 Å². The Morgan fingerprint density at radius 1 is 0.459 bits per heavy atom. The summed E-state index contributed by atoms with van der Waals surface area (Å²) in [6.07, 6.45) is -6.60. The predicted molar refractivity (Wildman–Crippen MR) is 307 cm³/mol. The summed E-state index contributed by atoms with van der Waals surface area (Å²) in [6, 6.07) is 14.3. The van der Waals surface area contributed by atoms with Gasteiger partial charge >= 0.3 is 41.8 Å². The molecule has 9 aliphatic rings. The van der Waals surface area contributed by atoms with Gasteiger partial charge in [0.2, 0.25) is 11.6 Å². The molecule has 5 aliphatic heterocycles. The molecule has 1 aromatic heterocycles. The number of rotatable bonds is 15. The normalized spacial score (nSPS) is 28.4. The molecule has 0 spiro atoms. The Hall–Kier alpha value is -7.71. The summed E-state index contributed by atoms with van der Waals surface area (Å²) in [5.41, 5.74) is 6.30. The van der Waals surface area contributed by atoms with Crippen molar-refractivity contribution < 1.29 is 85.7 Å². The first-order valence-electron chi connectivity index (χ1n) is 29.6. The Morgan fingerprint density at radius 3 is 1.38 bits per heavy atom. The largest absolute Gasteiger partial charge is 0.463 e. The summed E-state index contributed by atoms with van der Waals surface area (Å²) in [5, 5.41) is 18.6. The number of benzene rings is 7. The van der Waals surface area contributed by atoms with E-state index in [0.717, 1.165) is 57.5 Å². The number of pyridine rings is 1. The first kappa shape index (κ1) is 54.0. The average molecular weight is 1160 g/mol. The van der Waals surface area contributed by atoms with Crippen LogP contribution in [0.25, 0.3) is 86.4 Å². The molecule has 9 aromatic rings. The fourth-order valence-electron chi connectivity index (χ4n) is 17.1. The fourth-order valence-corrected chi connectivity index (χ4v) is 17.1. The van der Waals surface area contributed by atoms with Gasteiger partial charge in [-0.1, -0.05) is 50.2 Å². The molecule has 8 aromatic carbocycles. The van der Waals surface area contributed by atoms with Crippen molar-refractivity contribution >= 4 is 128 Å². The fraction of sp³-hybridized carbons (Fsp3) is 0.470. The molecule has 10 unspecified atom stereocenters. The van der Waals surface area contributed by atoms with Crippen molar-refractivity contribution in [3.8, 4) is 0 Å². The highest BCUT2D eigenvalue weighted by molar-refractivity contribution is 6.55. The molecule has 6 bridgehead atoms. The van der Waals surface area contributed by atoms with Crippen molar-refractivity contribution in [2.24, 2.45) is 0 Å². The second kappa shape index (κ2) is 18.4. The number of aryl methyl sites for hydroxylation is 2. The molecule has 19 nitrogen and oxygen atoms in total. The van der Waals surface area contributed by atoms with Crippen LogP contribution in [-0.2, 0) is 118 Å². The van der Waals surface area contributed by atoms with E-state index < -0.39 is 114 Å². The van der Waals surface area contributed by atoms with E-state index in [-0.39, 0.29) is 32.3 Å². The van der Waals surface area contributed by atoms with Gasteiger partial charge in [0.15, 0.2) is 30.0 Å². The Balaban J connectivity index is 0.00000303. The highest BCUT2D eigenvalue weighted by Gasteiger charge is 2.78. The second-order valence-corrected chi connectivity index (χ2v) is 24.2. The van der Waals surface area contributed by atoms with Crippen molar-refractivity contribution in [1.82, 2.24) is 4.57 Å². The Labute approximate surface area is 485 Å². The van der Waals surface area contributed by atoms with Crippen molar-refractivity contribution in [3.05, 3.63) is 69.8 Å². The first-order valence-corrected chi connectivity index (χ1v) is 29.6. The molecule has 6 heterocycles. The standard InChI is InChI=1S/C64H57NO18.C2H6/c1-26(66)73-24-41-61(80-32(7)72)12-15-64(82-41,60(79-31(6)71)57(61)76-28(3)68)83-62-13-14-63(81-42(62)25-74-27(2)67,59(78-30(5)70)58(62)77-29(4)69)75-17-16-65-55-35-10-11-36-21-40-23-38-19-34-9-8-33-18-37-22-39(20-35)47-45(37)49-43(33)44(34)50-46(38)48(40)54(56(36)65)52(51(49)50)53(47)55;1-2/h8-9,18-21,41-42,57-60H,10-17,22-25H2,1-7H3;1-2H3. The summed E-state index contributed by atoms with van der Waals surface area (Å²) >= 11 is 0. The molecule has 2 saturated carbocycles. The van der Waals surface area contributed by atoms with Gasteiger partial charge in [-0.2, -0.15) is 0 Å². The number of carbonyl (C=O) groups is 7. The minimum Gasteiger partial charge on any atom is -0.463 e. The van der Waals surface area contributed by atoms with Gasteiger partial charge < -0.3 is 56.7 Å². The number of aromatic nitrogens is 1. The maximum atomic E-state index is 13.7. The molecule has 19 heteroatoms. The van der Waals surface area contributed by atoms with Gasteiger partial charge in [-0.3, -0.25) is 33.6 Å². The lowest BCUT2D eigenvalue weighted by Crippen LogP contribution is -2.84. The lowest BCUT2D eigenvalue weighted by molar-refractivity contribution is -0.484. The molecule has 4 saturated heterocycles.